The minimum absolute atomic E-state index is 0.146. The van der Waals surface area contributed by atoms with Crippen molar-refractivity contribution in [2.45, 2.75) is 43.7 Å². The molecule has 1 saturated carbocycles. The van der Waals surface area contributed by atoms with Crippen molar-refractivity contribution in [1.29, 1.82) is 0 Å². The van der Waals surface area contributed by atoms with E-state index in [1.807, 2.05) is 9.80 Å². The molecule has 0 bridgehead atoms. The molecule has 1 aliphatic heterocycles. The van der Waals surface area contributed by atoms with Crippen molar-refractivity contribution in [3.8, 4) is 0 Å². The monoisotopic (exact) mass is 366 g/mol. The average Bonchev–Trinajstić information content (AvgIpc) is 3.07. The highest BCUT2D eigenvalue weighted by Gasteiger charge is 2.29. The minimum atomic E-state index is 0.146. The SMILES string of the molecule is Cn1nnnc1SCCC(=O)N1CCN(C(=O)C2CCCCC2)CC1. The van der Waals surface area contributed by atoms with Crippen LogP contribution in [0, 0.1) is 5.92 Å². The highest BCUT2D eigenvalue weighted by Crippen LogP contribution is 2.26. The lowest BCUT2D eigenvalue weighted by Gasteiger charge is -2.37. The molecule has 0 unspecified atom stereocenters. The van der Waals surface area contributed by atoms with Gasteiger partial charge in [0.15, 0.2) is 0 Å². The Morgan fingerprint density at radius 1 is 1.08 bits per heavy atom. The third-order valence-electron chi connectivity index (χ3n) is 5.03. The normalized spacial score (nSPS) is 19.2. The number of piperazine rings is 1. The first-order valence-corrected chi connectivity index (χ1v) is 10.1. The number of rotatable bonds is 5. The molecule has 3 rings (SSSR count). The summed E-state index contributed by atoms with van der Waals surface area (Å²) in [5, 5.41) is 12.0. The minimum Gasteiger partial charge on any atom is -0.339 e. The van der Waals surface area contributed by atoms with Gasteiger partial charge in [-0.2, -0.15) is 0 Å². The van der Waals surface area contributed by atoms with E-state index in [0.29, 0.717) is 44.3 Å². The predicted molar refractivity (Wildman–Crippen MR) is 93.9 cm³/mol. The van der Waals surface area contributed by atoms with Gasteiger partial charge < -0.3 is 9.80 Å². The second-order valence-electron chi connectivity index (χ2n) is 6.72. The molecule has 1 aliphatic carbocycles. The summed E-state index contributed by atoms with van der Waals surface area (Å²) in [5.41, 5.74) is 0. The number of amides is 2. The fourth-order valence-corrected chi connectivity index (χ4v) is 4.29. The maximum absolute atomic E-state index is 12.6. The second-order valence-corrected chi connectivity index (χ2v) is 7.79. The second kappa shape index (κ2) is 8.64. The number of aromatic nitrogens is 4. The lowest BCUT2D eigenvalue weighted by atomic mass is 9.88. The summed E-state index contributed by atoms with van der Waals surface area (Å²) in [5.74, 6) is 1.32. The van der Waals surface area contributed by atoms with E-state index in [1.54, 1.807) is 11.7 Å². The van der Waals surface area contributed by atoms with Crippen LogP contribution in [0.4, 0.5) is 0 Å². The van der Waals surface area contributed by atoms with Crippen LogP contribution < -0.4 is 0 Å². The topological polar surface area (TPSA) is 84.2 Å². The Balaban J connectivity index is 1.38. The first-order chi connectivity index (χ1) is 12.1. The Labute approximate surface area is 152 Å². The van der Waals surface area contributed by atoms with Gasteiger partial charge in [-0.25, -0.2) is 4.68 Å². The Morgan fingerprint density at radius 3 is 2.40 bits per heavy atom. The van der Waals surface area contributed by atoms with E-state index in [9.17, 15) is 9.59 Å². The highest BCUT2D eigenvalue weighted by atomic mass is 32.2. The van der Waals surface area contributed by atoms with Gasteiger partial charge in [-0.15, -0.1) is 5.10 Å². The molecule has 2 fully saturated rings. The fraction of sp³-hybridized carbons (Fsp3) is 0.812. The molecular weight excluding hydrogens is 340 g/mol. The zero-order valence-corrected chi connectivity index (χ0v) is 15.6. The summed E-state index contributed by atoms with van der Waals surface area (Å²) < 4.78 is 1.60. The van der Waals surface area contributed by atoms with Crippen molar-refractivity contribution in [2.75, 3.05) is 31.9 Å². The number of hydrogen-bond donors (Lipinski definition) is 0. The van der Waals surface area contributed by atoms with Gasteiger partial charge in [0.1, 0.15) is 0 Å². The van der Waals surface area contributed by atoms with E-state index in [4.69, 9.17) is 0 Å². The summed E-state index contributed by atoms with van der Waals surface area (Å²) in [6, 6.07) is 0. The van der Waals surface area contributed by atoms with Crippen LogP contribution in [0.25, 0.3) is 0 Å². The lowest BCUT2D eigenvalue weighted by Crippen LogP contribution is -2.52. The number of nitrogens with zero attached hydrogens (tertiary/aromatic N) is 6. The zero-order valence-electron chi connectivity index (χ0n) is 14.8. The number of tetrazole rings is 1. The van der Waals surface area contributed by atoms with Crippen LogP contribution in [0.1, 0.15) is 38.5 Å². The van der Waals surface area contributed by atoms with Crippen LogP contribution in [0.15, 0.2) is 5.16 Å². The van der Waals surface area contributed by atoms with Crippen LogP contribution in [-0.2, 0) is 16.6 Å². The van der Waals surface area contributed by atoms with Crippen LogP contribution in [0.3, 0.4) is 0 Å². The van der Waals surface area contributed by atoms with Gasteiger partial charge in [0.2, 0.25) is 17.0 Å². The molecule has 2 amide bonds. The smallest absolute Gasteiger partial charge is 0.225 e. The molecule has 0 N–H and O–H groups in total. The van der Waals surface area contributed by atoms with Crippen LogP contribution >= 0.6 is 11.8 Å². The van der Waals surface area contributed by atoms with Crippen molar-refractivity contribution in [2.24, 2.45) is 13.0 Å². The average molecular weight is 366 g/mol. The molecule has 1 aromatic rings. The third-order valence-corrected chi connectivity index (χ3v) is 6.04. The Kier molecular flexibility index (Phi) is 6.28. The molecule has 0 atom stereocenters. The van der Waals surface area contributed by atoms with Gasteiger partial charge >= 0.3 is 0 Å². The quantitative estimate of drug-likeness (QED) is 0.721. The maximum atomic E-state index is 12.6. The summed E-state index contributed by atoms with van der Waals surface area (Å²) >= 11 is 1.49. The third kappa shape index (κ3) is 4.71. The largest absolute Gasteiger partial charge is 0.339 e. The van der Waals surface area contributed by atoms with Crippen molar-refractivity contribution in [3.63, 3.8) is 0 Å². The fourth-order valence-electron chi connectivity index (χ4n) is 3.52. The van der Waals surface area contributed by atoms with E-state index >= 15 is 0 Å². The molecule has 9 heteroatoms. The summed E-state index contributed by atoms with van der Waals surface area (Å²) in [7, 11) is 1.78. The lowest BCUT2D eigenvalue weighted by molar-refractivity contribution is -0.142. The van der Waals surface area contributed by atoms with Gasteiger partial charge in [-0.3, -0.25) is 9.59 Å². The van der Waals surface area contributed by atoms with Gasteiger partial charge in [0.25, 0.3) is 0 Å². The molecule has 1 aromatic heterocycles. The Hall–Kier alpha value is -1.64. The van der Waals surface area contributed by atoms with Gasteiger partial charge in [0.05, 0.1) is 0 Å². The van der Waals surface area contributed by atoms with E-state index in [1.165, 1.54) is 31.0 Å². The molecule has 2 heterocycles. The van der Waals surface area contributed by atoms with E-state index < -0.39 is 0 Å². The first-order valence-electron chi connectivity index (χ1n) is 9.07. The van der Waals surface area contributed by atoms with E-state index in [-0.39, 0.29) is 11.8 Å². The summed E-state index contributed by atoms with van der Waals surface area (Å²) in [4.78, 5) is 28.7. The molecule has 0 aromatic carbocycles. The Bertz CT molecular complexity index is 593. The zero-order chi connectivity index (χ0) is 17.6. The first kappa shape index (κ1) is 18.2. The standard InChI is InChI=1S/C16H26N6O2S/c1-20-16(17-18-19-20)25-12-7-14(23)21-8-10-22(11-9-21)15(24)13-5-3-2-4-6-13/h13H,2-12H2,1H3. The predicted octanol–water partition coefficient (Wildman–Crippen LogP) is 0.943. The number of carbonyl (C=O) groups excluding carboxylic acids is 2. The molecular formula is C16H26N6O2S. The number of thioether (sulfide) groups is 1. The number of carbonyl (C=O) groups is 2. The van der Waals surface area contributed by atoms with Crippen molar-refractivity contribution >= 4 is 23.6 Å². The number of aryl methyl sites for hydroxylation is 1. The van der Waals surface area contributed by atoms with Crippen molar-refractivity contribution in [1.82, 2.24) is 30.0 Å². The summed E-state index contributed by atoms with van der Waals surface area (Å²) in [6.45, 7) is 2.63. The molecule has 0 spiro atoms. The molecule has 25 heavy (non-hydrogen) atoms. The van der Waals surface area contributed by atoms with Crippen LogP contribution in [-0.4, -0.2) is 73.8 Å². The molecule has 8 nitrogen and oxygen atoms in total. The van der Waals surface area contributed by atoms with Gasteiger partial charge in [0, 0.05) is 51.3 Å². The van der Waals surface area contributed by atoms with Gasteiger partial charge in [-0.1, -0.05) is 31.0 Å². The molecule has 0 radical (unpaired) electrons. The van der Waals surface area contributed by atoms with Crippen molar-refractivity contribution in [3.05, 3.63) is 0 Å². The van der Waals surface area contributed by atoms with Crippen molar-refractivity contribution < 1.29 is 9.59 Å². The molecule has 138 valence electrons. The summed E-state index contributed by atoms with van der Waals surface area (Å²) in [6.07, 6.45) is 6.14. The highest BCUT2D eigenvalue weighted by molar-refractivity contribution is 7.99. The van der Waals surface area contributed by atoms with Gasteiger partial charge in [-0.05, 0) is 23.3 Å². The number of hydrogen-bond acceptors (Lipinski definition) is 6. The van der Waals surface area contributed by atoms with Crippen LogP contribution in [0.2, 0.25) is 0 Å². The van der Waals surface area contributed by atoms with Crippen LogP contribution in [0.5, 0.6) is 0 Å². The molecule has 2 aliphatic rings. The van der Waals surface area contributed by atoms with E-state index in [0.717, 1.165) is 18.0 Å². The maximum Gasteiger partial charge on any atom is 0.225 e. The molecule has 1 saturated heterocycles. The Morgan fingerprint density at radius 2 is 1.76 bits per heavy atom. The van der Waals surface area contributed by atoms with E-state index in [2.05, 4.69) is 15.5 Å².